The summed E-state index contributed by atoms with van der Waals surface area (Å²) >= 11 is 0. The molecule has 1 aromatic carbocycles. The van der Waals surface area contributed by atoms with E-state index >= 15 is 0 Å². The Kier molecular flexibility index (Phi) is 5.19. The second-order valence-electron chi connectivity index (χ2n) is 4.84. The van der Waals surface area contributed by atoms with Crippen molar-refractivity contribution in [1.29, 1.82) is 0 Å². The number of rotatable bonds is 5. The Balaban J connectivity index is 1.80. The minimum atomic E-state index is -4.34. The third-order valence-corrected chi connectivity index (χ3v) is 3.22. The van der Waals surface area contributed by atoms with Crippen molar-refractivity contribution in [2.24, 2.45) is 0 Å². The van der Waals surface area contributed by atoms with Crippen LogP contribution < -0.4 is 10.6 Å². The maximum absolute atomic E-state index is 12.1. The van der Waals surface area contributed by atoms with Crippen LogP contribution in [0.15, 0.2) is 24.3 Å². The molecule has 1 heterocycles. The predicted octanol–water partition coefficient (Wildman–Crippen LogP) is 1.57. The largest absolute Gasteiger partial charge is 0.411 e. The maximum atomic E-state index is 12.1. The predicted molar refractivity (Wildman–Crippen MR) is 70.8 cm³/mol. The molecule has 0 aliphatic carbocycles. The Morgan fingerprint density at radius 1 is 1.38 bits per heavy atom. The average molecular weight is 302 g/mol. The van der Waals surface area contributed by atoms with Crippen LogP contribution in [0.3, 0.4) is 0 Å². The quantitative estimate of drug-likeness (QED) is 0.812. The number of halogens is 3. The molecule has 4 nitrogen and oxygen atoms in total. The summed E-state index contributed by atoms with van der Waals surface area (Å²) in [4.78, 5) is 12.1. The van der Waals surface area contributed by atoms with E-state index in [4.69, 9.17) is 0 Å². The van der Waals surface area contributed by atoms with Gasteiger partial charge in [0.25, 0.3) is 0 Å². The van der Waals surface area contributed by atoms with E-state index in [1.807, 2.05) is 24.3 Å². The number of nitrogens with one attached hydrogen (secondary N) is 2. The summed E-state index contributed by atoms with van der Waals surface area (Å²) in [6.07, 6.45) is -4.34. The lowest BCUT2D eigenvalue weighted by Gasteiger charge is -2.25. The van der Waals surface area contributed by atoms with Gasteiger partial charge in [0.1, 0.15) is 6.61 Å². The Bertz CT molecular complexity index is 491. The Hall–Kier alpha value is -1.60. The van der Waals surface area contributed by atoms with Crippen LogP contribution >= 0.6 is 0 Å². The van der Waals surface area contributed by atoms with Crippen molar-refractivity contribution >= 4 is 5.91 Å². The van der Waals surface area contributed by atoms with E-state index in [-0.39, 0.29) is 25.0 Å². The van der Waals surface area contributed by atoms with Gasteiger partial charge in [-0.3, -0.25) is 4.79 Å². The first-order valence-corrected chi connectivity index (χ1v) is 6.68. The van der Waals surface area contributed by atoms with Crippen LogP contribution in [-0.2, 0) is 16.1 Å². The smallest absolute Gasteiger partial charge is 0.370 e. The van der Waals surface area contributed by atoms with Crippen molar-refractivity contribution < 1.29 is 22.7 Å². The van der Waals surface area contributed by atoms with Gasteiger partial charge in [0.15, 0.2) is 0 Å². The minimum absolute atomic E-state index is 0.0631. The van der Waals surface area contributed by atoms with Gasteiger partial charge < -0.3 is 15.4 Å². The van der Waals surface area contributed by atoms with Gasteiger partial charge in [-0.2, -0.15) is 13.2 Å². The lowest BCUT2D eigenvalue weighted by molar-refractivity contribution is -0.173. The van der Waals surface area contributed by atoms with Gasteiger partial charge in [0, 0.05) is 19.6 Å². The Morgan fingerprint density at radius 3 is 2.90 bits per heavy atom. The summed E-state index contributed by atoms with van der Waals surface area (Å²) < 4.78 is 40.1. The highest BCUT2D eigenvalue weighted by Gasteiger charge is 2.28. The molecule has 0 fully saturated rings. The van der Waals surface area contributed by atoms with E-state index in [0.717, 1.165) is 11.1 Å². The molecular formula is C14H17F3N2O2. The van der Waals surface area contributed by atoms with Gasteiger partial charge in [-0.15, -0.1) is 0 Å². The van der Waals surface area contributed by atoms with Gasteiger partial charge in [0.05, 0.1) is 12.5 Å². The summed E-state index contributed by atoms with van der Waals surface area (Å²) in [6, 6.07) is 7.64. The van der Waals surface area contributed by atoms with E-state index in [1.165, 1.54) is 0 Å². The molecule has 0 bridgehead atoms. The first-order chi connectivity index (χ1) is 9.97. The number of carbonyl (C=O) groups is 1. The van der Waals surface area contributed by atoms with Gasteiger partial charge in [-0.1, -0.05) is 24.3 Å². The SMILES string of the molecule is O=C(NCCOCC(F)(F)F)C1CNCc2ccccc21. The molecule has 7 heteroatoms. The molecule has 1 aliphatic rings. The second-order valence-corrected chi connectivity index (χ2v) is 4.84. The van der Waals surface area contributed by atoms with Gasteiger partial charge in [0.2, 0.25) is 5.91 Å². The highest BCUT2D eigenvalue weighted by molar-refractivity contribution is 5.84. The number of amides is 1. The number of benzene rings is 1. The highest BCUT2D eigenvalue weighted by Crippen LogP contribution is 2.23. The Morgan fingerprint density at radius 2 is 2.14 bits per heavy atom. The van der Waals surface area contributed by atoms with Gasteiger partial charge in [-0.25, -0.2) is 0 Å². The fourth-order valence-electron chi connectivity index (χ4n) is 2.29. The monoisotopic (exact) mass is 302 g/mol. The molecule has 21 heavy (non-hydrogen) atoms. The van der Waals surface area contributed by atoms with E-state index in [0.29, 0.717) is 13.1 Å². The molecule has 0 spiro atoms. The fourth-order valence-corrected chi connectivity index (χ4v) is 2.29. The van der Waals surface area contributed by atoms with Crippen molar-refractivity contribution in [3.8, 4) is 0 Å². The van der Waals surface area contributed by atoms with Crippen molar-refractivity contribution in [2.75, 3.05) is 26.3 Å². The van der Waals surface area contributed by atoms with E-state index in [9.17, 15) is 18.0 Å². The van der Waals surface area contributed by atoms with E-state index in [1.54, 1.807) is 0 Å². The van der Waals surface area contributed by atoms with Crippen molar-refractivity contribution in [1.82, 2.24) is 10.6 Å². The zero-order valence-corrected chi connectivity index (χ0v) is 11.4. The molecule has 0 aromatic heterocycles. The van der Waals surface area contributed by atoms with E-state index < -0.39 is 12.8 Å². The molecule has 1 aromatic rings. The highest BCUT2D eigenvalue weighted by atomic mass is 19.4. The molecule has 1 unspecified atom stereocenters. The van der Waals surface area contributed by atoms with Crippen LogP contribution in [0.1, 0.15) is 17.0 Å². The number of hydrogen-bond donors (Lipinski definition) is 2. The van der Waals surface area contributed by atoms with Crippen LogP contribution in [0, 0.1) is 0 Å². The molecule has 0 saturated heterocycles. The van der Waals surface area contributed by atoms with Crippen LogP contribution in [0.4, 0.5) is 13.2 Å². The minimum Gasteiger partial charge on any atom is -0.370 e. The second kappa shape index (κ2) is 6.91. The zero-order chi connectivity index (χ0) is 15.3. The molecule has 1 aliphatic heterocycles. The molecule has 2 N–H and O–H groups in total. The van der Waals surface area contributed by atoms with Crippen LogP contribution in [-0.4, -0.2) is 38.4 Å². The summed E-state index contributed by atoms with van der Waals surface area (Å²) in [5, 5.41) is 5.76. The molecule has 1 amide bonds. The maximum Gasteiger partial charge on any atom is 0.411 e. The average Bonchev–Trinajstić information content (AvgIpc) is 2.45. The summed E-state index contributed by atoms with van der Waals surface area (Å²) in [7, 11) is 0. The first-order valence-electron chi connectivity index (χ1n) is 6.68. The first kappa shape index (κ1) is 15.8. The lowest BCUT2D eigenvalue weighted by Crippen LogP contribution is -2.40. The van der Waals surface area contributed by atoms with E-state index in [2.05, 4.69) is 15.4 Å². The summed E-state index contributed by atoms with van der Waals surface area (Å²) in [6.45, 7) is -0.155. The van der Waals surface area contributed by atoms with Gasteiger partial charge >= 0.3 is 6.18 Å². The number of carbonyl (C=O) groups excluding carboxylic acids is 1. The van der Waals surface area contributed by atoms with Gasteiger partial charge in [-0.05, 0) is 11.1 Å². The van der Waals surface area contributed by atoms with Crippen LogP contribution in [0.2, 0.25) is 0 Å². The Labute approximate surface area is 120 Å². The summed E-state index contributed by atoms with van der Waals surface area (Å²) in [5.41, 5.74) is 2.03. The molecule has 0 saturated carbocycles. The third kappa shape index (κ3) is 4.71. The van der Waals surface area contributed by atoms with Crippen LogP contribution in [0.5, 0.6) is 0 Å². The zero-order valence-electron chi connectivity index (χ0n) is 11.4. The number of alkyl halides is 3. The number of fused-ring (bicyclic) bond motifs is 1. The molecule has 1 atom stereocenters. The number of ether oxygens (including phenoxy) is 1. The number of hydrogen-bond acceptors (Lipinski definition) is 3. The normalized spacial score (nSPS) is 18.1. The topological polar surface area (TPSA) is 50.4 Å². The fraction of sp³-hybridized carbons (Fsp3) is 0.500. The lowest BCUT2D eigenvalue weighted by atomic mass is 9.90. The van der Waals surface area contributed by atoms with Crippen molar-refractivity contribution in [3.63, 3.8) is 0 Å². The molecular weight excluding hydrogens is 285 g/mol. The van der Waals surface area contributed by atoms with Crippen molar-refractivity contribution in [2.45, 2.75) is 18.6 Å². The molecule has 116 valence electrons. The third-order valence-electron chi connectivity index (χ3n) is 3.22. The standard InChI is InChI=1S/C14H17F3N2O2/c15-14(16,17)9-21-6-5-19-13(20)12-8-18-7-10-3-1-2-4-11(10)12/h1-4,12,18H,5-9H2,(H,19,20). The van der Waals surface area contributed by atoms with Crippen LogP contribution in [0.25, 0.3) is 0 Å². The summed E-state index contributed by atoms with van der Waals surface area (Å²) in [5.74, 6) is -0.525. The van der Waals surface area contributed by atoms with Crippen molar-refractivity contribution in [3.05, 3.63) is 35.4 Å². The molecule has 2 rings (SSSR count). The molecule has 0 radical (unpaired) electrons.